The minimum Gasteiger partial charge on any atom is -0.481 e. The number of imide groups is 1. The van der Waals surface area contributed by atoms with Crippen molar-refractivity contribution in [2.24, 2.45) is 11.8 Å². The average Bonchev–Trinajstić information content (AvgIpc) is 3.44. The van der Waals surface area contributed by atoms with Crippen LogP contribution in [0, 0.1) is 51.8 Å². The Bertz CT molecular complexity index is 1410. The number of Topliss-reactive ketones (excluding diaryl/α,β-unsaturated/α-hetero) is 1. The van der Waals surface area contributed by atoms with E-state index in [2.05, 4.69) is 5.32 Å². The van der Waals surface area contributed by atoms with Gasteiger partial charge in [-0.1, -0.05) is 6.42 Å². The molecule has 0 spiro atoms. The number of carbonyl (C=O) groups excluding carboxylic acids is 5. The van der Waals surface area contributed by atoms with Crippen molar-refractivity contribution in [3.8, 4) is 0 Å². The Balaban J connectivity index is 0.0000108. The number of aliphatic carboxylic acids is 4. The number of amides is 4. The summed E-state index contributed by atoms with van der Waals surface area (Å²) in [4.78, 5) is 118. The maximum Gasteiger partial charge on any atom is 0.317 e. The standard InChI is InChI=1S/C35H53N7O13.Gd/c43-27(19-26(35(54)55)3-1-2-8-42-28(44)4-5-29(42)45)20-36-34(53)25-6-9-41(10-7-25)30(46)21-37-11-13-38(22-31(47)48)15-17-40(24-33(51)52)18-16-39(14-12-37)23-32(49)50;/h4-5,25-26H,1-3,6-24H2,(H,36,53)(H,47,48)(H,49,50)(H,51,52)(H,54,55);/t26-;/m1./s1. The zero-order valence-corrected chi connectivity index (χ0v) is 33.6. The predicted molar refractivity (Wildman–Crippen MR) is 191 cm³/mol. The van der Waals surface area contributed by atoms with Gasteiger partial charge in [0.25, 0.3) is 11.8 Å². The summed E-state index contributed by atoms with van der Waals surface area (Å²) in [5.74, 6) is -7.62. The van der Waals surface area contributed by atoms with Crippen molar-refractivity contribution in [1.82, 2.24) is 34.7 Å². The predicted octanol–water partition coefficient (Wildman–Crippen LogP) is -2.43. The number of carboxylic acids is 4. The van der Waals surface area contributed by atoms with Crippen LogP contribution < -0.4 is 5.32 Å². The number of hydrogen-bond donors (Lipinski definition) is 5. The van der Waals surface area contributed by atoms with E-state index in [0.29, 0.717) is 38.8 Å². The number of carbonyl (C=O) groups is 9. The van der Waals surface area contributed by atoms with E-state index in [0.717, 1.165) is 4.90 Å². The Labute approximate surface area is 356 Å². The molecule has 2 saturated heterocycles. The monoisotopic (exact) mass is 937 g/mol. The number of rotatable bonds is 19. The van der Waals surface area contributed by atoms with E-state index in [1.54, 1.807) is 19.6 Å². The molecule has 5 N–H and O–H groups in total. The fourth-order valence-corrected chi connectivity index (χ4v) is 6.77. The zero-order valence-electron chi connectivity index (χ0n) is 31.4. The molecule has 0 aliphatic carbocycles. The minimum atomic E-state index is -1.15. The summed E-state index contributed by atoms with van der Waals surface area (Å²) in [5.41, 5.74) is 0. The molecule has 0 bridgehead atoms. The third kappa shape index (κ3) is 17.8. The van der Waals surface area contributed by atoms with E-state index in [-0.39, 0.29) is 156 Å². The average molecular weight is 937 g/mol. The van der Waals surface area contributed by atoms with Crippen molar-refractivity contribution in [1.29, 1.82) is 0 Å². The van der Waals surface area contributed by atoms with Crippen LogP contribution in [0.25, 0.3) is 0 Å². The Morgan fingerprint density at radius 3 is 1.48 bits per heavy atom. The van der Waals surface area contributed by atoms with Crippen molar-refractivity contribution in [2.45, 2.75) is 38.5 Å². The second-order valence-corrected chi connectivity index (χ2v) is 14.1. The summed E-state index contributed by atoms with van der Waals surface area (Å²) in [7, 11) is 0. The van der Waals surface area contributed by atoms with Gasteiger partial charge in [-0.15, -0.1) is 0 Å². The van der Waals surface area contributed by atoms with Crippen molar-refractivity contribution < 1.29 is 104 Å². The fourth-order valence-electron chi connectivity index (χ4n) is 6.77. The number of nitrogens with one attached hydrogen (secondary N) is 1. The first-order valence-electron chi connectivity index (χ1n) is 18.5. The van der Waals surface area contributed by atoms with Gasteiger partial charge in [-0.25, -0.2) is 0 Å². The van der Waals surface area contributed by atoms with Gasteiger partial charge in [0.1, 0.15) is 0 Å². The molecule has 3 rings (SSSR count). The molecule has 20 nitrogen and oxygen atoms in total. The van der Waals surface area contributed by atoms with Crippen molar-refractivity contribution >= 4 is 53.3 Å². The number of piperidine rings is 1. The molecule has 0 unspecified atom stereocenters. The maximum atomic E-state index is 13.4. The van der Waals surface area contributed by atoms with Crippen LogP contribution in [0.15, 0.2) is 12.2 Å². The zero-order chi connectivity index (χ0) is 40.5. The minimum absolute atomic E-state index is 0. The van der Waals surface area contributed by atoms with Gasteiger partial charge in [0.05, 0.1) is 38.6 Å². The molecule has 0 radical (unpaired) electrons. The van der Waals surface area contributed by atoms with Crippen LogP contribution in [0.2, 0.25) is 0 Å². The third-order valence-electron chi connectivity index (χ3n) is 9.95. The number of unbranched alkanes of at least 4 members (excludes halogenated alkanes) is 1. The number of nitrogens with zero attached hydrogens (tertiary/aromatic N) is 6. The summed E-state index contributed by atoms with van der Waals surface area (Å²) in [6.07, 6.45) is 3.67. The molecule has 3 aliphatic rings. The van der Waals surface area contributed by atoms with E-state index >= 15 is 0 Å². The molecule has 314 valence electrons. The number of hydrogen-bond acceptors (Lipinski definition) is 13. The van der Waals surface area contributed by atoms with Crippen LogP contribution in [0.3, 0.4) is 0 Å². The molecular weight excluding hydrogens is 884 g/mol. The van der Waals surface area contributed by atoms with Crippen molar-refractivity contribution in [3.63, 3.8) is 0 Å². The Hall–Kier alpha value is -3.47. The summed E-state index contributed by atoms with van der Waals surface area (Å²) in [6.45, 7) is 1.69. The SMILES string of the molecule is O=C(O)CN1CCN(CC(=O)O)CCN(CC(=O)N2CCC(C(=O)NCC(=O)C[C@@H](CCCCN3C(=O)C=CC3=O)C(=O)O)CC2)CCN(CC(=O)O)CC1.[Gd]. The van der Waals surface area contributed by atoms with E-state index in [1.165, 1.54) is 12.2 Å². The van der Waals surface area contributed by atoms with Gasteiger partial charge in [0.15, 0.2) is 5.78 Å². The van der Waals surface area contributed by atoms with Crippen molar-refractivity contribution in [3.05, 3.63) is 12.2 Å². The van der Waals surface area contributed by atoms with Gasteiger partial charge in [-0.2, -0.15) is 0 Å². The normalized spacial score (nSPS) is 19.1. The van der Waals surface area contributed by atoms with Crippen LogP contribution in [0.1, 0.15) is 38.5 Å². The summed E-state index contributed by atoms with van der Waals surface area (Å²) in [6, 6.07) is 0. The van der Waals surface area contributed by atoms with E-state index in [1.807, 2.05) is 4.90 Å². The second-order valence-electron chi connectivity index (χ2n) is 14.1. The van der Waals surface area contributed by atoms with Crippen LogP contribution >= 0.6 is 0 Å². The number of ketones is 1. The largest absolute Gasteiger partial charge is 0.481 e. The van der Waals surface area contributed by atoms with E-state index in [9.17, 15) is 63.6 Å². The smallest absolute Gasteiger partial charge is 0.317 e. The quantitative estimate of drug-likeness (QED) is 0.0666. The number of carboxylic acid groups (broad SMARTS) is 4. The Kier molecular flexibility index (Phi) is 21.7. The molecule has 1 atom stereocenters. The molecule has 2 fully saturated rings. The molecule has 0 aromatic heterocycles. The molecule has 4 amide bonds. The first kappa shape index (κ1) is 48.7. The van der Waals surface area contributed by atoms with Crippen LogP contribution in [0.4, 0.5) is 0 Å². The van der Waals surface area contributed by atoms with Gasteiger partial charge in [-0.3, -0.25) is 67.7 Å². The first-order chi connectivity index (χ1) is 26.1. The Morgan fingerprint density at radius 1 is 0.643 bits per heavy atom. The molecule has 3 heterocycles. The second kappa shape index (κ2) is 25.0. The molecule has 21 heteroatoms. The van der Waals surface area contributed by atoms with Crippen LogP contribution in [-0.2, 0) is 43.2 Å². The topological polar surface area (TPSA) is 266 Å². The molecule has 3 aliphatic heterocycles. The van der Waals surface area contributed by atoms with Gasteiger partial charge in [0.2, 0.25) is 11.8 Å². The molecule has 0 aromatic carbocycles. The first-order valence-corrected chi connectivity index (χ1v) is 18.5. The third-order valence-corrected chi connectivity index (χ3v) is 9.95. The summed E-state index contributed by atoms with van der Waals surface area (Å²) in [5, 5.41) is 40.4. The van der Waals surface area contributed by atoms with Gasteiger partial charge in [-0.05, 0) is 25.7 Å². The van der Waals surface area contributed by atoms with Gasteiger partial charge >= 0.3 is 23.9 Å². The van der Waals surface area contributed by atoms with E-state index < -0.39 is 53.3 Å². The van der Waals surface area contributed by atoms with Crippen molar-refractivity contribution in [2.75, 3.05) is 105 Å². The summed E-state index contributed by atoms with van der Waals surface area (Å²) < 4.78 is 0. The van der Waals surface area contributed by atoms with Gasteiger partial charge in [0, 0.05) is 136 Å². The molecular formula is C35H53GdN7O13. The van der Waals surface area contributed by atoms with Gasteiger partial charge < -0.3 is 30.6 Å². The molecule has 0 aromatic rings. The molecule has 56 heavy (non-hydrogen) atoms. The van der Waals surface area contributed by atoms with Crippen LogP contribution in [-0.4, -0.2) is 208 Å². The van der Waals surface area contributed by atoms with Crippen LogP contribution in [0.5, 0.6) is 0 Å². The molecule has 0 saturated carbocycles. The fraction of sp³-hybridized carbons (Fsp3) is 0.686. The Morgan fingerprint density at radius 2 is 1.07 bits per heavy atom. The number of likely N-dealkylation sites (tertiary alicyclic amines) is 1. The maximum absolute atomic E-state index is 13.4. The summed E-state index contributed by atoms with van der Waals surface area (Å²) >= 11 is 0. The van der Waals surface area contributed by atoms with E-state index in [4.69, 9.17) is 0 Å².